The fraction of sp³-hybridized carbons (Fsp3) is 0.0909. The molecule has 5 aromatic rings. The Morgan fingerprint density at radius 1 is 0.805 bits per heavy atom. The molecule has 1 aliphatic heterocycles. The van der Waals surface area contributed by atoms with E-state index >= 15 is 0 Å². The Morgan fingerprint density at radius 2 is 1.44 bits per heavy atom. The molecule has 0 saturated heterocycles. The molecule has 0 N–H and O–H groups in total. The Hall–Kier alpha value is -5.37. The summed E-state index contributed by atoms with van der Waals surface area (Å²) in [4.78, 5) is 53.3. The Balaban J connectivity index is 1.17. The van der Waals surface area contributed by atoms with Crippen LogP contribution in [0.1, 0.15) is 52.8 Å². The number of esters is 1. The number of ketones is 1. The number of nitrogens with zero attached hydrogens (tertiary/aromatic N) is 2. The number of hydrogen-bond donors (Lipinski definition) is 0. The summed E-state index contributed by atoms with van der Waals surface area (Å²) in [5.74, 6) is -2.49. The monoisotopic (exact) mass is 546 g/mol. The van der Waals surface area contributed by atoms with E-state index in [1.807, 2.05) is 12.1 Å². The summed E-state index contributed by atoms with van der Waals surface area (Å²) >= 11 is 0. The van der Waals surface area contributed by atoms with Gasteiger partial charge in [-0.05, 0) is 73.8 Å². The first-order chi connectivity index (χ1) is 19.8. The van der Waals surface area contributed by atoms with Crippen molar-refractivity contribution in [2.45, 2.75) is 13.8 Å². The molecule has 6 rings (SSSR count). The molecular formula is C33H23FN2O5. The first-order valence-electron chi connectivity index (χ1n) is 12.9. The number of aromatic nitrogens is 1. The van der Waals surface area contributed by atoms with Crippen LogP contribution in [-0.4, -0.2) is 34.7 Å². The Morgan fingerprint density at radius 3 is 2.07 bits per heavy atom. The summed E-state index contributed by atoms with van der Waals surface area (Å²) in [6, 6.07) is 24.4. The minimum atomic E-state index is -0.737. The molecule has 2 amide bonds. The number of carbonyl (C=O) groups is 4. The van der Waals surface area contributed by atoms with Crippen molar-refractivity contribution in [3.63, 3.8) is 0 Å². The molecule has 0 unspecified atom stereocenters. The van der Waals surface area contributed by atoms with Gasteiger partial charge in [0.2, 0.25) is 5.78 Å². The number of halogens is 1. The second-order valence-corrected chi connectivity index (χ2v) is 9.77. The molecule has 0 atom stereocenters. The number of imide groups is 1. The lowest BCUT2D eigenvalue weighted by atomic mass is 9.94. The third-order valence-electron chi connectivity index (χ3n) is 7.29. The minimum absolute atomic E-state index is 0.151. The first-order valence-corrected chi connectivity index (χ1v) is 12.9. The van der Waals surface area contributed by atoms with Gasteiger partial charge in [0.15, 0.2) is 6.61 Å². The molecule has 0 saturated carbocycles. The van der Waals surface area contributed by atoms with Crippen LogP contribution in [0.5, 0.6) is 0 Å². The number of para-hydroxylation sites is 1. The van der Waals surface area contributed by atoms with Crippen molar-refractivity contribution < 1.29 is 28.3 Å². The van der Waals surface area contributed by atoms with Crippen LogP contribution in [0.3, 0.4) is 0 Å². The molecule has 0 bridgehead atoms. The van der Waals surface area contributed by atoms with Gasteiger partial charge in [0.05, 0.1) is 16.9 Å². The predicted molar refractivity (Wildman–Crippen MR) is 151 cm³/mol. The fourth-order valence-corrected chi connectivity index (χ4v) is 5.35. The number of benzene rings is 4. The molecular weight excluding hydrogens is 523 g/mol. The van der Waals surface area contributed by atoms with Crippen molar-refractivity contribution in [2.75, 3.05) is 11.5 Å². The van der Waals surface area contributed by atoms with Crippen molar-refractivity contribution in [1.82, 2.24) is 4.57 Å². The zero-order valence-corrected chi connectivity index (χ0v) is 22.2. The normalized spacial score (nSPS) is 12.6. The van der Waals surface area contributed by atoms with Crippen LogP contribution in [0.15, 0.2) is 91.0 Å². The number of carbonyl (C=O) groups excluding carboxylic acids is 4. The smallest absolute Gasteiger partial charge is 0.338 e. The molecule has 0 fully saturated rings. The molecule has 1 aliphatic rings. The molecule has 202 valence electrons. The third-order valence-corrected chi connectivity index (χ3v) is 7.29. The Kier molecular flexibility index (Phi) is 6.30. The van der Waals surface area contributed by atoms with E-state index in [0.29, 0.717) is 44.8 Å². The van der Waals surface area contributed by atoms with Crippen molar-refractivity contribution in [3.05, 3.63) is 130 Å². The lowest BCUT2D eigenvalue weighted by molar-refractivity contribution is 0.0474. The maximum absolute atomic E-state index is 14.4. The molecule has 0 spiro atoms. The zero-order valence-electron chi connectivity index (χ0n) is 22.2. The van der Waals surface area contributed by atoms with Crippen LogP contribution in [0, 0.1) is 19.7 Å². The van der Waals surface area contributed by atoms with Gasteiger partial charge < -0.3 is 9.30 Å². The van der Waals surface area contributed by atoms with E-state index < -0.39 is 36.0 Å². The highest BCUT2D eigenvalue weighted by atomic mass is 19.1. The highest BCUT2D eigenvalue weighted by molar-refractivity contribution is 6.35. The van der Waals surface area contributed by atoms with Crippen molar-refractivity contribution in [1.29, 1.82) is 0 Å². The van der Waals surface area contributed by atoms with Crippen LogP contribution in [0.4, 0.5) is 10.1 Å². The molecule has 7 nitrogen and oxygen atoms in total. The number of anilines is 1. The molecule has 1 aromatic heterocycles. The maximum Gasteiger partial charge on any atom is 0.338 e. The van der Waals surface area contributed by atoms with Gasteiger partial charge in [-0.1, -0.05) is 36.4 Å². The van der Waals surface area contributed by atoms with Gasteiger partial charge in [-0.25, -0.2) is 14.1 Å². The maximum atomic E-state index is 14.4. The quantitative estimate of drug-likeness (QED) is 0.143. The van der Waals surface area contributed by atoms with Crippen molar-refractivity contribution in [3.8, 4) is 5.69 Å². The molecule has 0 radical (unpaired) electrons. The molecule has 0 aliphatic carbocycles. The van der Waals surface area contributed by atoms with Gasteiger partial charge in [0.25, 0.3) is 11.8 Å². The number of aryl methyl sites for hydroxylation is 1. The zero-order chi connectivity index (χ0) is 28.8. The average molecular weight is 547 g/mol. The topological polar surface area (TPSA) is 85.7 Å². The molecule has 8 heteroatoms. The van der Waals surface area contributed by atoms with Crippen LogP contribution in [-0.2, 0) is 4.74 Å². The number of amides is 2. The van der Waals surface area contributed by atoms with Crippen LogP contribution in [0.2, 0.25) is 0 Å². The van der Waals surface area contributed by atoms with Crippen molar-refractivity contribution in [2.24, 2.45) is 0 Å². The number of ether oxygens (including phenoxy) is 1. The van der Waals surface area contributed by atoms with E-state index in [9.17, 15) is 23.6 Å². The number of rotatable bonds is 6. The van der Waals surface area contributed by atoms with E-state index in [1.54, 1.807) is 66.9 Å². The highest BCUT2D eigenvalue weighted by Crippen LogP contribution is 2.33. The summed E-state index contributed by atoms with van der Waals surface area (Å²) in [6.07, 6.45) is 0. The van der Waals surface area contributed by atoms with E-state index in [1.165, 1.54) is 30.3 Å². The number of hydrogen-bond acceptors (Lipinski definition) is 5. The highest BCUT2D eigenvalue weighted by Gasteiger charge is 2.34. The molecule has 2 heterocycles. The molecule has 4 aromatic carbocycles. The van der Waals surface area contributed by atoms with E-state index in [0.717, 1.165) is 10.3 Å². The first kappa shape index (κ1) is 25.9. The van der Waals surface area contributed by atoms with Crippen LogP contribution >= 0.6 is 0 Å². The van der Waals surface area contributed by atoms with Gasteiger partial charge in [-0.3, -0.25) is 14.4 Å². The Labute approximate surface area is 234 Å². The summed E-state index contributed by atoms with van der Waals surface area (Å²) in [6.45, 7) is 2.96. The standard InChI is InChI=1S/C33H23FN2O5/c1-19-17-26(20(2)35(19)28-12-4-3-11-27(28)34)29(37)18-41-33(40)22-13-15-23(16-14-22)36-31(38)24-9-5-7-21-8-6-10-25(30(21)24)32(36)39/h3-17H,18H2,1-2H3. The lowest BCUT2D eigenvalue weighted by Crippen LogP contribution is -2.40. The fourth-order valence-electron chi connectivity index (χ4n) is 5.35. The van der Waals surface area contributed by atoms with Gasteiger partial charge >= 0.3 is 5.97 Å². The van der Waals surface area contributed by atoms with E-state index in [2.05, 4.69) is 0 Å². The summed E-state index contributed by atoms with van der Waals surface area (Å²) in [5.41, 5.74) is 3.15. The molecule has 41 heavy (non-hydrogen) atoms. The van der Waals surface area contributed by atoms with Gasteiger partial charge in [0.1, 0.15) is 5.82 Å². The van der Waals surface area contributed by atoms with Gasteiger partial charge in [-0.2, -0.15) is 0 Å². The summed E-state index contributed by atoms with van der Waals surface area (Å²) in [5, 5.41) is 1.43. The predicted octanol–water partition coefficient (Wildman–Crippen LogP) is 6.23. The number of Topliss-reactive ketones (excluding diaryl/α,β-unsaturated/α-hetero) is 1. The van der Waals surface area contributed by atoms with E-state index in [4.69, 9.17) is 4.74 Å². The summed E-state index contributed by atoms with van der Waals surface area (Å²) < 4.78 is 21.3. The van der Waals surface area contributed by atoms with E-state index in [-0.39, 0.29) is 5.56 Å². The minimum Gasteiger partial charge on any atom is -0.454 e. The SMILES string of the molecule is Cc1cc(C(=O)COC(=O)c2ccc(N3C(=O)c4cccc5cccc(c45)C3=O)cc2)c(C)n1-c1ccccc1F. The van der Waals surface area contributed by atoms with Gasteiger partial charge in [0, 0.05) is 33.5 Å². The van der Waals surface area contributed by atoms with Crippen molar-refractivity contribution >= 4 is 40.0 Å². The van der Waals surface area contributed by atoms with Gasteiger partial charge in [-0.15, -0.1) is 0 Å². The second-order valence-electron chi connectivity index (χ2n) is 9.77. The largest absolute Gasteiger partial charge is 0.454 e. The van der Waals surface area contributed by atoms with Crippen LogP contribution in [0.25, 0.3) is 16.5 Å². The Bertz CT molecular complexity index is 1850. The lowest BCUT2D eigenvalue weighted by Gasteiger charge is -2.27. The summed E-state index contributed by atoms with van der Waals surface area (Å²) in [7, 11) is 0. The average Bonchev–Trinajstić information content (AvgIpc) is 3.28. The second kappa shape index (κ2) is 9.98. The van der Waals surface area contributed by atoms with Crippen LogP contribution < -0.4 is 4.90 Å². The third kappa shape index (κ3) is 4.30.